The van der Waals surface area contributed by atoms with E-state index in [1.807, 2.05) is 6.92 Å². The van der Waals surface area contributed by atoms with E-state index in [1.165, 1.54) is 30.3 Å². The molecule has 0 aromatic heterocycles. The van der Waals surface area contributed by atoms with Gasteiger partial charge in [-0.2, -0.15) is 0 Å². The number of hydrogen-bond donors (Lipinski definition) is 0. The third kappa shape index (κ3) is 2.57. The van der Waals surface area contributed by atoms with Gasteiger partial charge in [-0.3, -0.25) is 9.69 Å². The molecule has 18 heavy (non-hydrogen) atoms. The molecular formula is C13H20N2OS2. The third-order valence-electron chi connectivity index (χ3n) is 3.43. The average Bonchev–Trinajstić information content (AvgIpc) is 2.91. The summed E-state index contributed by atoms with van der Waals surface area (Å²) < 4.78 is 0.715. The van der Waals surface area contributed by atoms with Gasteiger partial charge in [0.05, 0.1) is 4.91 Å². The lowest BCUT2D eigenvalue weighted by Gasteiger charge is -2.20. The van der Waals surface area contributed by atoms with Crippen molar-refractivity contribution in [3.8, 4) is 0 Å². The second-order valence-electron chi connectivity index (χ2n) is 4.64. The standard InChI is InChI=1S/C13H20N2OS2/c1-3-5-8-14-9-6-7-10(14)11-12(16)15(4-2)13(17)18-11/h3-9H2,1-2H3/b11-10+. The van der Waals surface area contributed by atoms with Crippen molar-refractivity contribution >= 4 is 34.2 Å². The molecule has 0 aromatic carbocycles. The van der Waals surface area contributed by atoms with Crippen molar-refractivity contribution in [3.63, 3.8) is 0 Å². The number of rotatable bonds is 4. The second kappa shape index (κ2) is 6.06. The van der Waals surface area contributed by atoms with E-state index >= 15 is 0 Å². The molecule has 0 radical (unpaired) electrons. The molecule has 0 N–H and O–H groups in total. The maximum Gasteiger partial charge on any atom is 0.267 e. The molecule has 5 heteroatoms. The molecule has 2 aliphatic rings. The predicted octanol–water partition coefficient (Wildman–Crippen LogP) is 2.97. The van der Waals surface area contributed by atoms with Gasteiger partial charge in [0.15, 0.2) is 0 Å². The van der Waals surface area contributed by atoms with Crippen molar-refractivity contribution in [2.24, 2.45) is 0 Å². The van der Waals surface area contributed by atoms with Crippen LogP contribution in [0.4, 0.5) is 0 Å². The fourth-order valence-electron chi connectivity index (χ4n) is 2.43. The number of unbranched alkanes of at least 4 members (excludes halogenated alkanes) is 1. The van der Waals surface area contributed by atoms with Crippen molar-refractivity contribution < 1.29 is 4.79 Å². The average molecular weight is 284 g/mol. The normalized spacial score (nSPS) is 24.6. The summed E-state index contributed by atoms with van der Waals surface area (Å²) in [5.74, 6) is 0.117. The lowest BCUT2D eigenvalue weighted by atomic mass is 10.2. The lowest BCUT2D eigenvalue weighted by Crippen LogP contribution is -2.28. The summed E-state index contributed by atoms with van der Waals surface area (Å²) in [5, 5.41) is 0. The Morgan fingerprint density at radius 3 is 2.78 bits per heavy atom. The van der Waals surface area contributed by atoms with Crippen LogP contribution in [0.15, 0.2) is 10.6 Å². The fourth-order valence-corrected chi connectivity index (χ4v) is 3.94. The lowest BCUT2D eigenvalue weighted by molar-refractivity contribution is -0.122. The number of hydrogen-bond acceptors (Lipinski definition) is 4. The summed E-state index contributed by atoms with van der Waals surface area (Å²) in [6.45, 7) is 7.01. The Bertz CT molecular complexity index is 392. The Hall–Kier alpha value is -0.550. The maximum atomic E-state index is 12.3. The van der Waals surface area contributed by atoms with E-state index in [4.69, 9.17) is 12.2 Å². The van der Waals surface area contributed by atoms with E-state index < -0.39 is 0 Å². The van der Waals surface area contributed by atoms with Crippen LogP contribution in [0, 0.1) is 0 Å². The third-order valence-corrected chi connectivity index (χ3v) is 4.91. The number of carbonyl (C=O) groups is 1. The molecule has 0 atom stereocenters. The second-order valence-corrected chi connectivity index (χ2v) is 6.28. The van der Waals surface area contributed by atoms with E-state index in [2.05, 4.69) is 11.8 Å². The number of thiocarbonyl (C=S) groups is 1. The highest BCUT2D eigenvalue weighted by Crippen LogP contribution is 2.37. The van der Waals surface area contributed by atoms with Gasteiger partial charge in [-0.05, 0) is 26.2 Å². The van der Waals surface area contributed by atoms with Crippen LogP contribution in [-0.2, 0) is 4.79 Å². The van der Waals surface area contributed by atoms with Crippen LogP contribution in [0.3, 0.4) is 0 Å². The van der Waals surface area contributed by atoms with Crippen LogP contribution in [0.1, 0.15) is 39.5 Å². The zero-order chi connectivity index (χ0) is 13.1. The quantitative estimate of drug-likeness (QED) is 0.585. The van der Waals surface area contributed by atoms with E-state index in [1.54, 1.807) is 4.90 Å². The summed E-state index contributed by atoms with van der Waals surface area (Å²) in [4.78, 5) is 17.3. The maximum absolute atomic E-state index is 12.3. The number of thioether (sulfide) groups is 1. The van der Waals surface area contributed by atoms with Gasteiger partial charge in [0.1, 0.15) is 4.32 Å². The highest BCUT2D eigenvalue weighted by atomic mass is 32.2. The van der Waals surface area contributed by atoms with Crippen LogP contribution in [0.5, 0.6) is 0 Å². The largest absolute Gasteiger partial charge is 0.374 e. The SMILES string of the molecule is CCCCN1CCC/C1=C1\SC(=S)N(CC)C1=O. The molecular weight excluding hydrogens is 264 g/mol. The highest BCUT2D eigenvalue weighted by molar-refractivity contribution is 8.26. The molecule has 2 fully saturated rings. The molecule has 2 saturated heterocycles. The number of carbonyl (C=O) groups excluding carboxylic acids is 1. The summed E-state index contributed by atoms with van der Waals surface area (Å²) in [6, 6.07) is 0. The Kier molecular flexibility index (Phi) is 4.67. The molecule has 0 unspecified atom stereocenters. The molecule has 0 aliphatic carbocycles. The first-order valence-corrected chi connectivity index (χ1v) is 7.93. The Morgan fingerprint density at radius 2 is 2.17 bits per heavy atom. The Morgan fingerprint density at radius 1 is 1.39 bits per heavy atom. The van der Waals surface area contributed by atoms with Crippen molar-refractivity contribution in [2.45, 2.75) is 39.5 Å². The van der Waals surface area contributed by atoms with E-state index in [9.17, 15) is 4.79 Å². The highest BCUT2D eigenvalue weighted by Gasteiger charge is 2.35. The molecule has 0 saturated carbocycles. The minimum absolute atomic E-state index is 0.117. The van der Waals surface area contributed by atoms with Crippen LogP contribution in [-0.4, -0.2) is 39.7 Å². The van der Waals surface area contributed by atoms with Crippen molar-refractivity contribution in [2.75, 3.05) is 19.6 Å². The van der Waals surface area contributed by atoms with E-state index in [0.717, 1.165) is 30.8 Å². The molecule has 100 valence electrons. The van der Waals surface area contributed by atoms with Crippen LogP contribution < -0.4 is 0 Å². The van der Waals surface area contributed by atoms with Crippen molar-refractivity contribution in [3.05, 3.63) is 10.6 Å². The minimum Gasteiger partial charge on any atom is -0.374 e. The van der Waals surface area contributed by atoms with E-state index in [0.29, 0.717) is 10.9 Å². The molecule has 2 aliphatic heterocycles. The van der Waals surface area contributed by atoms with Gasteiger partial charge >= 0.3 is 0 Å². The van der Waals surface area contributed by atoms with Crippen LogP contribution in [0.2, 0.25) is 0 Å². The van der Waals surface area contributed by atoms with Gasteiger partial charge in [0.25, 0.3) is 5.91 Å². The van der Waals surface area contributed by atoms with Gasteiger partial charge in [0, 0.05) is 25.3 Å². The summed E-state index contributed by atoms with van der Waals surface area (Å²) in [5.41, 5.74) is 1.23. The number of nitrogens with zero attached hydrogens (tertiary/aromatic N) is 2. The zero-order valence-corrected chi connectivity index (χ0v) is 12.7. The first kappa shape index (κ1) is 13.9. The zero-order valence-electron chi connectivity index (χ0n) is 11.1. The monoisotopic (exact) mass is 284 g/mol. The molecule has 2 rings (SSSR count). The first-order valence-electron chi connectivity index (χ1n) is 6.70. The van der Waals surface area contributed by atoms with Gasteiger partial charge in [0.2, 0.25) is 0 Å². The minimum atomic E-state index is 0.117. The van der Waals surface area contributed by atoms with Crippen LogP contribution >= 0.6 is 24.0 Å². The molecule has 0 bridgehead atoms. The number of likely N-dealkylation sites (N-methyl/N-ethyl adjacent to an activating group) is 1. The molecule has 0 aromatic rings. The van der Waals surface area contributed by atoms with Gasteiger partial charge < -0.3 is 4.90 Å². The Balaban J connectivity index is 2.19. The van der Waals surface area contributed by atoms with Crippen molar-refractivity contribution in [1.29, 1.82) is 0 Å². The molecule has 3 nitrogen and oxygen atoms in total. The summed E-state index contributed by atoms with van der Waals surface area (Å²) in [7, 11) is 0. The Labute approximate surface area is 119 Å². The molecule has 1 amide bonds. The number of allylic oxidation sites excluding steroid dienone is 1. The van der Waals surface area contributed by atoms with Crippen molar-refractivity contribution in [1.82, 2.24) is 9.80 Å². The number of likely N-dealkylation sites (tertiary alicyclic amines) is 1. The molecule has 2 heterocycles. The fraction of sp³-hybridized carbons (Fsp3) is 0.692. The van der Waals surface area contributed by atoms with Gasteiger partial charge in [-0.15, -0.1) is 0 Å². The predicted molar refractivity (Wildman–Crippen MR) is 80.3 cm³/mol. The summed E-state index contributed by atoms with van der Waals surface area (Å²) >= 11 is 6.76. The smallest absolute Gasteiger partial charge is 0.267 e. The number of amides is 1. The van der Waals surface area contributed by atoms with E-state index in [-0.39, 0.29) is 5.91 Å². The molecule has 0 spiro atoms. The van der Waals surface area contributed by atoms with Gasteiger partial charge in [-0.25, -0.2) is 0 Å². The first-order chi connectivity index (χ1) is 8.69. The van der Waals surface area contributed by atoms with Gasteiger partial charge in [-0.1, -0.05) is 37.3 Å². The van der Waals surface area contributed by atoms with Crippen LogP contribution in [0.25, 0.3) is 0 Å². The topological polar surface area (TPSA) is 23.6 Å². The summed E-state index contributed by atoms with van der Waals surface area (Å²) in [6.07, 6.45) is 4.57.